The van der Waals surface area contributed by atoms with Crippen molar-refractivity contribution in [2.24, 2.45) is 0 Å². The number of hydrogen-bond donors (Lipinski definition) is 0. The zero-order valence-electron chi connectivity index (χ0n) is 16.9. The SMILES string of the molecule is CCc1c(CC)c(-c2ccccc2)[c-](CC)c1CC.[Cl-].[Cl-].[Hf+4].c1cc[cH-]c1. The molecule has 0 aliphatic rings. The van der Waals surface area contributed by atoms with E-state index >= 15 is 0 Å². The van der Waals surface area contributed by atoms with Gasteiger partial charge in [0.25, 0.3) is 0 Å². The van der Waals surface area contributed by atoms with E-state index in [1.807, 2.05) is 30.3 Å². The largest absolute Gasteiger partial charge is 4.00 e. The van der Waals surface area contributed by atoms with Crippen molar-refractivity contribution in [3.8, 4) is 11.1 Å². The fraction of sp³-hybridized carbons (Fsp3) is 0.333. The van der Waals surface area contributed by atoms with Crippen LogP contribution in [0, 0.1) is 0 Å². The molecule has 0 bridgehead atoms. The van der Waals surface area contributed by atoms with E-state index in [-0.39, 0.29) is 50.7 Å². The minimum absolute atomic E-state index is 0. The molecule has 0 fully saturated rings. The molecule has 3 aromatic carbocycles. The molecule has 0 aliphatic carbocycles. The van der Waals surface area contributed by atoms with Crippen LogP contribution < -0.4 is 24.8 Å². The van der Waals surface area contributed by atoms with Crippen molar-refractivity contribution in [1.82, 2.24) is 0 Å². The molecule has 0 aliphatic heterocycles. The Labute approximate surface area is 197 Å². The number of rotatable bonds is 5. The molecule has 0 nitrogen and oxygen atoms in total. The van der Waals surface area contributed by atoms with E-state index in [1.165, 1.54) is 11.1 Å². The summed E-state index contributed by atoms with van der Waals surface area (Å²) in [6, 6.07) is 20.9. The van der Waals surface area contributed by atoms with Crippen molar-refractivity contribution in [3.63, 3.8) is 0 Å². The predicted octanol–water partition coefficient (Wildman–Crippen LogP) is 0.733. The van der Waals surface area contributed by atoms with Crippen LogP contribution >= 0.6 is 0 Å². The molecule has 0 aromatic heterocycles. The Morgan fingerprint density at radius 2 is 1.30 bits per heavy atom. The van der Waals surface area contributed by atoms with E-state index in [2.05, 4.69) is 58.0 Å². The van der Waals surface area contributed by atoms with Crippen LogP contribution in [0.15, 0.2) is 60.7 Å². The molecule has 3 rings (SSSR count). The maximum atomic E-state index is 2.29. The third-order valence-electron chi connectivity index (χ3n) is 4.73. The molecular formula is C24H30Cl2Hf. The van der Waals surface area contributed by atoms with E-state index in [4.69, 9.17) is 0 Å². The second-order valence-electron chi connectivity index (χ2n) is 6.03. The summed E-state index contributed by atoms with van der Waals surface area (Å²) >= 11 is 0. The molecule has 0 radical (unpaired) electrons. The molecule has 0 unspecified atom stereocenters. The van der Waals surface area contributed by atoms with Crippen molar-refractivity contribution >= 4 is 0 Å². The summed E-state index contributed by atoms with van der Waals surface area (Å²) in [5, 5.41) is 0. The molecule has 0 saturated heterocycles. The van der Waals surface area contributed by atoms with Gasteiger partial charge in [0.05, 0.1) is 0 Å². The van der Waals surface area contributed by atoms with Crippen molar-refractivity contribution < 1.29 is 50.7 Å². The summed E-state index contributed by atoms with van der Waals surface area (Å²) < 4.78 is 0. The Morgan fingerprint density at radius 1 is 0.741 bits per heavy atom. The van der Waals surface area contributed by atoms with E-state index < -0.39 is 0 Å². The van der Waals surface area contributed by atoms with Crippen molar-refractivity contribution in [2.45, 2.75) is 53.4 Å². The third-order valence-corrected chi connectivity index (χ3v) is 4.73. The monoisotopic (exact) mass is 568 g/mol. The van der Waals surface area contributed by atoms with Gasteiger partial charge in [0, 0.05) is 0 Å². The standard InChI is InChI=1S/C19H25.C5H5.2ClH.Hf/c1-5-15-16(6-2)18(8-4)19(17(15)7-3)14-12-10-9-11-13-14;1-2-4-5-3-1;;;/h9-13H,5-8H2,1-4H3;1-5H;2*1H;/q2*-1;;;+4/p-2. The van der Waals surface area contributed by atoms with Gasteiger partial charge in [-0.25, -0.2) is 12.1 Å². The van der Waals surface area contributed by atoms with Gasteiger partial charge < -0.3 is 24.8 Å². The van der Waals surface area contributed by atoms with Crippen molar-refractivity contribution in [3.05, 3.63) is 82.9 Å². The summed E-state index contributed by atoms with van der Waals surface area (Å²) in [5.74, 6) is 0. The third kappa shape index (κ3) is 7.04. The Morgan fingerprint density at radius 3 is 1.67 bits per heavy atom. The molecule has 3 heteroatoms. The smallest absolute Gasteiger partial charge is 1.00 e. The zero-order valence-corrected chi connectivity index (χ0v) is 22.0. The summed E-state index contributed by atoms with van der Waals surface area (Å²) in [5.41, 5.74) is 9.32. The second-order valence-corrected chi connectivity index (χ2v) is 6.03. The van der Waals surface area contributed by atoms with Gasteiger partial charge in [-0.3, -0.25) is 0 Å². The van der Waals surface area contributed by atoms with Crippen LogP contribution in [0.2, 0.25) is 0 Å². The number of benzene rings is 1. The molecule has 3 aromatic rings. The molecule has 27 heavy (non-hydrogen) atoms. The molecule has 0 amide bonds. The molecule has 0 heterocycles. The molecular weight excluding hydrogens is 538 g/mol. The topological polar surface area (TPSA) is 0 Å². The van der Waals surface area contributed by atoms with Crippen LogP contribution in [0.3, 0.4) is 0 Å². The first-order valence-corrected chi connectivity index (χ1v) is 9.32. The van der Waals surface area contributed by atoms with Crippen LogP contribution in [0.5, 0.6) is 0 Å². The van der Waals surface area contributed by atoms with Crippen LogP contribution in [0.4, 0.5) is 0 Å². The normalized spacial score (nSPS) is 9.19. The van der Waals surface area contributed by atoms with E-state index in [9.17, 15) is 0 Å². The van der Waals surface area contributed by atoms with Gasteiger partial charge in [0.15, 0.2) is 0 Å². The Hall–Kier alpha value is -0.630. The Bertz CT molecular complexity index is 666. The van der Waals surface area contributed by atoms with Gasteiger partial charge in [-0.15, -0.1) is 16.7 Å². The Balaban J connectivity index is 0. The quantitative estimate of drug-likeness (QED) is 0.315. The van der Waals surface area contributed by atoms with Crippen LogP contribution in [0.1, 0.15) is 49.9 Å². The van der Waals surface area contributed by atoms with Gasteiger partial charge in [-0.2, -0.15) is 29.3 Å². The van der Waals surface area contributed by atoms with Gasteiger partial charge in [0.1, 0.15) is 0 Å². The fourth-order valence-corrected chi connectivity index (χ4v) is 3.76. The van der Waals surface area contributed by atoms with E-state index in [1.54, 1.807) is 22.3 Å². The molecule has 0 N–H and O–H groups in total. The first-order valence-electron chi connectivity index (χ1n) is 9.32. The van der Waals surface area contributed by atoms with Gasteiger partial charge in [-0.1, -0.05) is 82.9 Å². The second kappa shape index (κ2) is 15.3. The van der Waals surface area contributed by atoms with Crippen molar-refractivity contribution in [1.29, 1.82) is 0 Å². The van der Waals surface area contributed by atoms with Gasteiger partial charge in [0.2, 0.25) is 0 Å². The predicted molar refractivity (Wildman–Crippen MR) is 107 cm³/mol. The van der Waals surface area contributed by atoms with Gasteiger partial charge in [-0.05, 0) is 6.42 Å². The summed E-state index contributed by atoms with van der Waals surface area (Å²) in [6.45, 7) is 9.17. The average molecular weight is 568 g/mol. The van der Waals surface area contributed by atoms with Crippen molar-refractivity contribution in [2.75, 3.05) is 0 Å². The fourth-order valence-electron chi connectivity index (χ4n) is 3.76. The molecule has 0 saturated carbocycles. The minimum atomic E-state index is 0. The van der Waals surface area contributed by atoms with Crippen LogP contribution in [-0.4, -0.2) is 0 Å². The zero-order chi connectivity index (χ0) is 17.4. The van der Waals surface area contributed by atoms with E-state index in [0.29, 0.717) is 0 Å². The number of halogens is 2. The Kier molecular flexibility index (Phi) is 16.2. The molecule has 0 spiro atoms. The van der Waals surface area contributed by atoms with Crippen LogP contribution in [0.25, 0.3) is 11.1 Å². The maximum Gasteiger partial charge on any atom is 4.00 e. The first kappa shape index (κ1) is 28.6. The molecule has 144 valence electrons. The number of hydrogen-bond acceptors (Lipinski definition) is 0. The molecule has 0 atom stereocenters. The minimum Gasteiger partial charge on any atom is -1.00 e. The maximum absolute atomic E-state index is 2.29. The van der Waals surface area contributed by atoms with Crippen LogP contribution in [-0.2, 0) is 51.5 Å². The first-order chi connectivity index (χ1) is 11.8. The summed E-state index contributed by atoms with van der Waals surface area (Å²) in [6.07, 6.45) is 4.60. The summed E-state index contributed by atoms with van der Waals surface area (Å²) in [7, 11) is 0. The summed E-state index contributed by atoms with van der Waals surface area (Å²) in [4.78, 5) is 0. The van der Waals surface area contributed by atoms with Gasteiger partial charge >= 0.3 is 25.8 Å². The van der Waals surface area contributed by atoms with E-state index in [0.717, 1.165) is 25.7 Å². The average Bonchev–Trinajstić information content (AvgIpc) is 3.30.